The lowest BCUT2D eigenvalue weighted by Gasteiger charge is -2.14. The molecule has 2 amide bonds. The quantitative estimate of drug-likeness (QED) is 0.813. The first kappa shape index (κ1) is 18.0. The van der Waals surface area contributed by atoms with Crippen molar-refractivity contribution in [1.82, 2.24) is 4.90 Å². The highest BCUT2D eigenvalue weighted by Gasteiger charge is 2.10. The second kappa shape index (κ2) is 8.52. The minimum Gasteiger partial charge on any atom is -0.333 e. The Hall–Kier alpha value is -2.30. The summed E-state index contributed by atoms with van der Waals surface area (Å²) in [6.07, 6.45) is 2.96. The van der Waals surface area contributed by atoms with Crippen LogP contribution in [0.5, 0.6) is 0 Å². The zero-order chi connectivity index (χ0) is 17.5. The van der Waals surface area contributed by atoms with Gasteiger partial charge in [-0.25, -0.2) is 0 Å². The van der Waals surface area contributed by atoms with Crippen molar-refractivity contribution in [2.24, 2.45) is 0 Å². The second-order valence-corrected chi connectivity index (χ2v) is 5.95. The number of nitrogens with zero attached hydrogens (tertiary/aromatic N) is 1. The molecule has 0 aliphatic carbocycles. The summed E-state index contributed by atoms with van der Waals surface area (Å²) < 4.78 is 0. The third-order valence-electron chi connectivity index (χ3n) is 3.18. The van der Waals surface area contributed by atoms with Gasteiger partial charge in [0.05, 0.1) is 6.54 Å². The lowest BCUT2D eigenvalue weighted by molar-refractivity contribution is -0.129. The molecule has 0 fully saturated rings. The van der Waals surface area contributed by atoms with E-state index in [1.165, 1.54) is 11.0 Å². The minimum atomic E-state index is -0.302. The fourth-order valence-corrected chi connectivity index (χ4v) is 2.41. The zero-order valence-electron chi connectivity index (χ0n) is 13.0. The van der Waals surface area contributed by atoms with Crippen LogP contribution in [0.4, 0.5) is 5.69 Å². The van der Waals surface area contributed by atoms with Gasteiger partial charge in [-0.3, -0.25) is 9.59 Å². The van der Waals surface area contributed by atoms with Crippen molar-refractivity contribution in [3.63, 3.8) is 0 Å². The second-order valence-electron chi connectivity index (χ2n) is 5.11. The Balaban J connectivity index is 1.92. The number of rotatable bonds is 5. The summed E-state index contributed by atoms with van der Waals surface area (Å²) in [4.78, 5) is 25.3. The lowest BCUT2D eigenvalue weighted by atomic mass is 10.2. The first-order valence-corrected chi connectivity index (χ1v) is 7.94. The van der Waals surface area contributed by atoms with Crippen LogP contribution in [0.25, 0.3) is 6.08 Å². The van der Waals surface area contributed by atoms with Crippen molar-refractivity contribution >= 4 is 46.8 Å². The Kier molecular flexibility index (Phi) is 6.41. The Morgan fingerprint density at radius 3 is 2.50 bits per heavy atom. The molecule has 1 N–H and O–H groups in total. The number of para-hydroxylation sites is 1. The summed E-state index contributed by atoms with van der Waals surface area (Å²) in [7, 11) is 1.56. The summed E-state index contributed by atoms with van der Waals surface area (Å²) in [5.74, 6) is -0.570. The molecular formula is C18H16Cl2N2O2. The SMILES string of the molecule is CN(CC(=O)Nc1ccccc1)C(=O)/C=C/c1ccc(Cl)cc1Cl. The predicted molar refractivity (Wildman–Crippen MR) is 98.2 cm³/mol. The van der Waals surface area contributed by atoms with E-state index < -0.39 is 0 Å². The molecule has 0 unspecified atom stereocenters. The largest absolute Gasteiger partial charge is 0.333 e. The minimum absolute atomic E-state index is 0.0492. The summed E-state index contributed by atoms with van der Waals surface area (Å²) in [6, 6.07) is 14.1. The van der Waals surface area contributed by atoms with Crippen molar-refractivity contribution in [3.05, 3.63) is 70.2 Å². The number of carbonyl (C=O) groups excluding carboxylic acids is 2. The normalized spacial score (nSPS) is 10.6. The van der Waals surface area contributed by atoms with E-state index in [4.69, 9.17) is 23.2 Å². The number of anilines is 1. The van der Waals surface area contributed by atoms with Gasteiger partial charge < -0.3 is 10.2 Å². The Labute approximate surface area is 150 Å². The van der Waals surface area contributed by atoms with Crippen LogP contribution >= 0.6 is 23.2 Å². The molecule has 0 saturated carbocycles. The molecule has 0 spiro atoms. The van der Waals surface area contributed by atoms with E-state index in [2.05, 4.69) is 5.32 Å². The van der Waals surface area contributed by atoms with Crippen LogP contribution in [0.1, 0.15) is 5.56 Å². The van der Waals surface area contributed by atoms with Gasteiger partial charge in [-0.2, -0.15) is 0 Å². The Morgan fingerprint density at radius 2 is 1.83 bits per heavy atom. The molecule has 124 valence electrons. The van der Waals surface area contributed by atoms with Crippen molar-refractivity contribution in [2.75, 3.05) is 18.9 Å². The topological polar surface area (TPSA) is 49.4 Å². The van der Waals surface area contributed by atoms with Gasteiger partial charge in [0, 0.05) is 28.9 Å². The fraction of sp³-hybridized carbons (Fsp3) is 0.111. The van der Waals surface area contributed by atoms with Crippen LogP contribution in [0.3, 0.4) is 0 Å². The molecule has 0 atom stereocenters. The molecule has 0 bridgehead atoms. The molecule has 2 aromatic carbocycles. The van der Waals surface area contributed by atoms with Crippen LogP contribution in [-0.2, 0) is 9.59 Å². The van der Waals surface area contributed by atoms with Crippen LogP contribution in [-0.4, -0.2) is 30.3 Å². The lowest BCUT2D eigenvalue weighted by Crippen LogP contribution is -2.33. The Morgan fingerprint density at radius 1 is 1.12 bits per heavy atom. The maximum Gasteiger partial charge on any atom is 0.246 e. The molecule has 0 aromatic heterocycles. The van der Waals surface area contributed by atoms with E-state index >= 15 is 0 Å². The highest BCUT2D eigenvalue weighted by atomic mass is 35.5. The van der Waals surface area contributed by atoms with Gasteiger partial charge in [-0.1, -0.05) is 47.5 Å². The number of likely N-dealkylation sites (N-methyl/N-ethyl adjacent to an activating group) is 1. The zero-order valence-corrected chi connectivity index (χ0v) is 14.5. The van der Waals surface area contributed by atoms with Gasteiger partial charge in [0.2, 0.25) is 11.8 Å². The number of hydrogen-bond acceptors (Lipinski definition) is 2. The molecule has 2 aromatic rings. The summed E-state index contributed by atoms with van der Waals surface area (Å²) in [6.45, 7) is -0.0492. The van der Waals surface area contributed by atoms with Crippen LogP contribution in [0.2, 0.25) is 10.0 Å². The number of carbonyl (C=O) groups is 2. The van der Waals surface area contributed by atoms with E-state index in [1.807, 2.05) is 18.2 Å². The number of halogens is 2. The van der Waals surface area contributed by atoms with Crippen molar-refractivity contribution < 1.29 is 9.59 Å². The maximum atomic E-state index is 12.1. The average molecular weight is 363 g/mol. The van der Waals surface area contributed by atoms with Gasteiger partial charge in [0.25, 0.3) is 0 Å². The van der Waals surface area contributed by atoms with Gasteiger partial charge >= 0.3 is 0 Å². The number of nitrogens with one attached hydrogen (secondary N) is 1. The Bertz CT molecular complexity index is 761. The first-order chi connectivity index (χ1) is 11.5. The van der Waals surface area contributed by atoms with E-state index in [1.54, 1.807) is 43.5 Å². The highest BCUT2D eigenvalue weighted by molar-refractivity contribution is 6.35. The smallest absolute Gasteiger partial charge is 0.246 e. The van der Waals surface area contributed by atoms with Gasteiger partial charge in [0.15, 0.2) is 0 Å². The van der Waals surface area contributed by atoms with Crippen molar-refractivity contribution in [1.29, 1.82) is 0 Å². The molecule has 0 heterocycles. The van der Waals surface area contributed by atoms with Crippen molar-refractivity contribution in [2.45, 2.75) is 0 Å². The van der Waals surface area contributed by atoms with Crippen LogP contribution in [0, 0.1) is 0 Å². The fourth-order valence-electron chi connectivity index (χ4n) is 1.94. The summed E-state index contributed by atoms with van der Waals surface area (Å²) in [5, 5.41) is 3.70. The number of amides is 2. The van der Waals surface area contributed by atoms with Crippen LogP contribution in [0.15, 0.2) is 54.6 Å². The van der Waals surface area contributed by atoms with E-state index in [9.17, 15) is 9.59 Å². The van der Waals surface area contributed by atoms with Gasteiger partial charge in [-0.15, -0.1) is 0 Å². The molecule has 0 saturated heterocycles. The van der Waals surface area contributed by atoms with Crippen LogP contribution < -0.4 is 5.32 Å². The summed E-state index contributed by atoms with van der Waals surface area (Å²) >= 11 is 11.9. The first-order valence-electron chi connectivity index (χ1n) is 7.19. The molecule has 0 aliphatic heterocycles. The van der Waals surface area contributed by atoms with E-state index in [0.29, 0.717) is 21.3 Å². The van der Waals surface area contributed by atoms with Gasteiger partial charge in [0.1, 0.15) is 0 Å². The van der Waals surface area contributed by atoms with Crippen molar-refractivity contribution in [3.8, 4) is 0 Å². The molecule has 6 heteroatoms. The standard InChI is InChI=1S/C18H16Cl2N2O2/c1-22(12-17(23)21-15-5-3-2-4-6-15)18(24)10-8-13-7-9-14(19)11-16(13)20/h2-11H,12H2,1H3,(H,21,23)/b10-8+. The third-order valence-corrected chi connectivity index (χ3v) is 3.74. The number of benzene rings is 2. The van der Waals surface area contributed by atoms with E-state index in [-0.39, 0.29) is 18.4 Å². The summed E-state index contributed by atoms with van der Waals surface area (Å²) in [5.41, 5.74) is 1.36. The molecular weight excluding hydrogens is 347 g/mol. The maximum absolute atomic E-state index is 12.1. The highest BCUT2D eigenvalue weighted by Crippen LogP contribution is 2.22. The van der Waals surface area contributed by atoms with E-state index in [0.717, 1.165) is 0 Å². The third kappa shape index (κ3) is 5.41. The molecule has 0 radical (unpaired) electrons. The number of hydrogen-bond donors (Lipinski definition) is 1. The molecule has 24 heavy (non-hydrogen) atoms. The molecule has 0 aliphatic rings. The predicted octanol–water partition coefficient (Wildman–Crippen LogP) is 4.10. The van der Waals surface area contributed by atoms with Gasteiger partial charge in [-0.05, 0) is 35.9 Å². The average Bonchev–Trinajstić information content (AvgIpc) is 2.54. The molecule has 4 nitrogen and oxygen atoms in total. The monoisotopic (exact) mass is 362 g/mol. The molecule has 2 rings (SSSR count).